The molecule has 1 aromatic heterocycles. The standard InChI is InChI=1S/C9H14N2O3/c1-11-7(5-6-10-11)3-4-8(12)9(13)14-2/h5-6,8,12H,3-4H2,1-2H3. The van der Waals surface area contributed by atoms with Crippen LogP contribution in [0.5, 0.6) is 0 Å². The average molecular weight is 198 g/mol. The molecule has 14 heavy (non-hydrogen) atoms. The molecule has 5 nitrogen and oxygen atoms in total. The molecule has 0 bridgehead atoms. The van der Waals surface area contributed by atoms with Crippen molar-refractivity contribution in [2.75, 3.05) is 7.11 Å². The minimum Gasteiger partial charge on any atom is -0.467 e. The monoisotopic (exact) mass is 198 g/mol. The van der Waals surface area contributed by atoms with Crippen LogP contribution in [0, 0.1) is 0 Å². The highest BCUT2D eigenvalue weighted by Crippen LogP contribution is 2.04. The lowest BCUT2D eigenvalue weighted by Crippen LogP contribution is -2.22. The van der Waals surface area contributed by atoms with Gasteiger partial charge >= 0.3 is 5.97 Å². The Morgan fingerprint density at radius 1 is 1.79 bits per heavy atom. The van der Waals surface area contributed by atoms with E-state index >= 15 is 0 Å². The van der Waals surface area contributed by atoms with Crippen LogP contribution in [0.4, 0.5) is 0 Å². The first kappa shape index (κ1) is 10.7. The van der Waals surface area contributed by atoms with Gasteiger partial charge in [-0.15, -0.1) is 0 Å². The minimum atomic E-state index is -1.05. The quantitative estimate of drug-likeness (QED) is 0.685. The number of carbonyl (C=O) groups is 1. The van der Waals surface area contributed by atoms with Gasteiger partial charge in [0.25, 0.3) is 0 Å². The number of aryl methyl sites for hydroxylation is 2. The van der Waals surface area contributed by atoms with Crippen molar-refractivity contribution in [1.29, 1.82) is 0 Å². The van der Waals surface area contributed by atoms with Crippen LogP contribution in [0.2, 0.25) is 0 Å². The molecule has 0 saturated carbocycles. The van der Waals surface area contributed by atoms with E-state index in [0.29, 0.717) is 12.8 Å². The largest absolute Gasteiger partial charge is 0.467 e. The smallest absolute Gasteiger partial charge is 0.334 e. The third-order valence-corrected chi connectivity index (χ3v) is 2.07. The summed E-state index contributed by atoms with van der Waals surface area (Å²) in [6, 6.07) is 1.85. The number of ether oxygens (including phenoxy) is 1. The molecule has 0 aromatic carbocycles. The SMILES string of the molecule is COC(=O)C(O)CCc1ccnn1C. The van der Waals surface area contributed by atoms with Crippen molar-refractivity contribution >= 4 is 5.97 Å². The van der Waals surface area contributed by atoms with Crippen molar-refractivity contribution in [3.63, 3.8) is 0 Å². The number of hydrogen-bond acceptors (Lipinski definition) is 4. The number of esters is 1. The molecule has 5 heteroatoms. The van der Waals surface area contributed by atoms with Crippen molar-refractivity contribution in [2.45, 2.75) is 18.9 Å². The van der Waals surface area contributed by atoms with E-state index in [1.807, 2.05) is 13.1 Å². The maximum atomic E-state index is 10.9. The number of aliphatic hydroxyl groups is 1. The molecule has 0 aliphatic heterocycles. The Bertz CT molecular complexity index is 309. The summed E-state index contributed by atoms with van der Waals surface area (Å²) >= 11 is 0. The predicted octanol–water partition coefficient (Wildman–Crippen LogP) is -0.113. The van der Waals surface area contributed by atoms with E-state index in [-0.39, 0.29) is 0 Å². The average Bonchev–Trinajstić information content (AvgIpc) is 2.59. The van der Waals surface area contributed by atoms with Gasteiger partial charge in [0, 0.05) is 18.9 Å². The Labute approximate surface area is 82.3 Å². The summed E-state index contributed by atoms with van der Waals surface area (Å²) in [5.74, 6) is -0.591. The van der Waals surface area contributed by atoms with E-state index < -0.39 is 12.1 Å². The summed E-state index contributed by atoms with van der Waals surface area (Å²) in [7, 11) is 3.08. The summed E-state index contributed by atoms with van der Waals surface area (Å²) in [6.07, 6.45) is 1.59. The van der Waals surface area contributed by atoms with Crippen molar-refractivity contribution < 1.29 is 14.6 Å². The van der Waals surface area contributed by atoms with Crippen LogP contribution < -0.4 is 0 Å². The Morgan fingerprint density at radius 3 is 3.00 bits per heavy atom. The van der Waals surface area contributed by atoms with Gasteiger partial charge in [-0.1, -0.05) is 0 Å². The number of aliphatic hydroxyl groups excluding tert-OH is 1. The van der Waals surface area contributed by atoms with Crippen LogP contribution in [0.15, 0.2) is 12.3 Å². The number of hydrogen-bond donors (Lipinski definition) is 1. The zero-order chi connectivity index (χ0) is 10.6. The summed E-state index contributed by atoms with van der Waals surface area (Å²) in [5.41, 5.74) is 0.980. The molecule has 1 heterocycles. The molecular weight excluding hydrogens is 184 g/mol. The highest BCUT2D eigenvalue weighted by molar-refractivity contribution is 5.74. The number of rotatable bonds is 4. The second kappa shape index (κ2) is 4.76. The molecule has 0 spiro atoms. The number of carbonyl (C=O) groups excluding carboxylic acids is 1. The van der Waals surface area contributed by atoms with Crippen LogP contribution >= 0.6 is 0 Å². The first-order valence-corrected chi connectivity index (χ1v) is 4.38. The van der Waals surface area contributed by atoms with Crippen LogP contribution in [0.25, 0.3) is 0 Å². The van der Waals surface area contributed by atoms with Gasteiger partial charge in [-0.05, 0) is 18.9 Å². The van der Waals surface area contributed by atoms with E-state index in [0.717, 1.165) is 5.69 Å². The molecule has 0 aliphatic carbocycles. The van der Waals surface area contributed by atoms with Crippen molar-refractivity contribution in [3.05, 3.63) is 18.0 Å². The normalized spacial score (nSPS) is 12.5. The Kier molecular flexibility index (Phi) is 3.64. The minimum absolute atomic E-state index is 0.353. The highest BCUT2D eigenvalue weighted by Gasteiger charge is 2.15. The highest BCUT2D eigenvalue weighted by atomic mass is 16.5. The first-order chi connectivity index (χ1) is 6.65. The van der Waals surface area contributed by atoms with Gasteiger partial charge in [0.05, 0.1) is 7.11 Å². The van der Waals surface area contributed by atoms with E-state index in [1.165, 1.54) is 7.11 Å². The van der Waals surface area contributed by atoms with Gasteiger partial charge in [-0.25, -0.2) is 4.79 Å². The van der Waals surface area contributed by atoms with E-state index in [9.17, 15) is 9.90 Å². The summed E-state index contributed by atoms with van der Waals surface area (Å²) in [4.78, 5) is 10.9. The fourth-order valence-corrected chi connectivity index (χ4v) is 1.19. The molecule has 0 saturated heterocycles. The lowest BCUT2D eigenvalue weighted by atomic mass is 10.1. The Hall–Kier alpha value is -1.36. The van der Waals surface area contributed by atoms with Gasteiger partial charge in [-0.2, -0.15) is 5.10 Å². The Morgan fingerprint density at radius 2 is 2.50 bits per heavy atom. The summed E-state index contributed by atoms with van der Waals surface area (Å²) in [5, 5.41) is 13.3. The molecule has 1 unspecified atom stereocenters. The van der Waals surface area contributed by atoms with Gasteiger partial charge in [0.15, 0.2) is 6.10 Å². The second-order valence-corrected chi connectivity index (χ2v) is 3.02. The molecular formula is C9H14N2O3. The van der Waals surface area contributed by atoms with Gasteiger partial charge < -0.3 is 9.84 Å². The summed E-state index contributed by atoms with van der Waals surface area (Å²) < 4.78 is 6.11. The third-order valence-electron chi connectivity index (χ3n) is 2.07. The fraction of sp³-hybridized carbons (Fsp3) is 0.556. The van der Waals surface area contributed by atoms with E-state index in [1.54, 1.807) is 10.9 Å². The fourth-order valence-electron chi connectivity index (χ4n) is 1.19. The molecule has 1 atom stereocenters. The van der Waals surface area contributed by atoms with Crippen LogP contribution in [-0.2, 0) is 23.0 Å². The van der Waals surface area contributed by atoms with Crippen molar-refractivity contribution in [1.82, 2.24) is 9.78 Å². The molecule has 0 radical (unpaired) electrons. The van der Waals surface area contributed by atoms with Crippen LogP contribution in [-0.4, -0.2) is 34.1 Å². The predicted molar refractivity (Wildman–Crippen MR) is 49.6 cm³/mol. The molecule has 78 valence electrons. The third kappa shape index (κ3) is 2.56. The topological polar surface area (TPSA) is 64.3 Å². The molecule has 0 fully saturated rings. The zero-order valence-corrected chi connectivity index (χ0v) is 8.30. The van der Waals surface area contributed by atoms with Crippen molar-refractivity contribution in [2.24, 2.45) is 7.05 Å². The van der Waals surface area contributed by atoms with Crippen LogP contribution in [0.1, 0.15) is 12.1 Å². The molecule has 1 aromatic rings. The van der Waals surface area contributed by atoms with E-state index in [2.05, 4.69) is 9.84 Å². The lowest BCUT2D eigenvalue weighted by molar-refractivity contribution is -0.150. The van der Waals surface area contributed by atoms with Gasteiger partial charge in [0.2, 0.25) is 0 Å². The first-order valence-electron chi connectivity index (χ1n) is 4.38. The number of aromatic nitrogens is 2. The van der Waals surface area contributed by atoms with Crippen LogP contribution in [0.3, 0.4) is 0 Å². The van der Waals surface area contributed by atoms with Crippen molar-refractivity contribution in [3.8, 4) is 0 Å². The molecule has 0 aliphatic rings. The van der Waals surface area contributed by atoms with Gasteiger partial charge in [0.1, 0.15) is 0 Å². The zero-order valence-electron chi connectivity index (χ0n) is 8.30. The molecule has 1 rings (SSSR count). The maximum absolute atomic E-state index is 10.9. The number of nitrogens with zero attached hydrogens (tertiary/aromatic N) is 2. The number of methoxy groups -OCH3 is 1. The molecule has 0 amide bonds. The van der Waals surface area contributed by atoms with E-state index in [4.69, 9.17) is 0 Å². The second-order valence-electron chi connectivity index (χ2n) is 3.02. The maximum Gasteiger partial charge on any atom is 0.334 e. The molecule has 1 N–H and O–H groups in total. The van der Waals surface area contributed by atoms with Gasteiger partial charge in [-0.3, -0.25) is 4.68 Å². The lowest BCUT2D eigenvalue weighted by Gasteiger charge is -2.07. The summed E-state index contributed by atoms with van der Waals surface area (Å²) in [6.45, 7) is 0. The Balaban J connectivity index is 2.41.